The number of nitrogens with zero attached hydrogens (tertiary/aromatic N) is 1. The second kappa shape index (κ2) is 3.67. The van der Waals surface area contributed by atoms with Crippen LogP contribution >= 0.6 is 0 Å². The second-order valence-corrected chi connectivity index (χ2v) is 3.59. The van der Waals surface area contributed by atoms with Gasteiger partial charge in [0, 0.05) is 4.92 Å². The van der Waals surface area contributed by atoms with Crippen molar-refractivity contribution >= 4 is 0 Å². The molecule has 0 spiro atoms. The zero-order chi connectivity index (χ0) is 9.07. The first-order valence-corrected chi connectivity index (χ1v) is 3.68. The number of aliphatic hydroxyl groups is 1. The Labute approximate surface area is 66.4 Å². The summed E-state index contributed by atoms with van der Waals surface area (Å²) in [6, 6.07) is 0. The van der Waals surface area contributed by atoms with Crippen LogP contribution in [0.15, 0.2) is 0 Å². The van der Waals surface area contributed by atoms with Gasteiger partial charge >= 0.3 is 0 Å². The molecule has 0 aromatic rings. The lowest BCUT2D eigenvalue weighted by atomic mass is 9.95. The van der Waals surface area contributed by atoms with Gasteiger partial charge in [0.15, 0.2) is 0 Å². The Bertz CT molecular complexity index is 143. The first-order valence-electron chi connectivity index (χ1n) is 3.68. The smallest absolute Gasteiger partial charge is 0.231 e. The number of hydrogen-bond donors (Lipinski definition) is 1. The predicted octanol–water partition coefficient (Wildman–Crippen LogP) is 1.06. The minimum atomic E-state index is -1.16. The van der Waals surface area contributed by atoms with Crippen molar-refractivity contribution < 1.29 is 10.0 Å². The van der Waals surface area contributed by atoms with Gasteiger partial charge in [-0.15, -0.1) is 0 Å². The van der Waals surface area contributed by atoms with Crippen LogP contribution in [0.2, 0.25) is 0 Å². The van der Waals surface area contributed by atoms with Crippen LogP contribution in [0.25, 0.3) is 0 Å². The summed E-state index contributed by atoms with van der Waals surface area (Å²) in [5.41, 5.74) is -1.16. The van der Waals surface area contributed by atoms with Gasteiger partial charge in [-0.25, -0.2) is 0 Å². The maximum absolute atomic E-state index is 10.0. The van der Waals surface area contributed by atoms with E-state index in [0.717, 1.165) is 0 Å². The third-order valence-electron chi connectivity index (χ3n) is 1.32. The summed E-state index contributed by atoms with van der Waals surface area (Å²) in [5.74, 6) is 0.282. The van der Waals surface area contributed by atoms with Crippen LogP contribution in [-0.4, -0.2) is 22.2 Å². The van der Waals surface area contributed by atoms with Gasteiger partial charge in [0.25, 0.3) is 0 Å². The first-order chi connectivity index (χ1) is 4.83. The summed E-state index contributed by atoms with van der Waals surface area (Å²) in [6.07, 6.45) is 0.466. The van der Waals surface area contributed by atoms with E-state index in [9.17, 15) is 15.2 Å². The lowest BCUT2D eigenvalue weighted by molar-refractivity contribution is -0.500. The average molecular weight is 161 g/mol. The third-order valence-corrected chi connectivity index (χ3v) is 1.32. The molecule has 0 fully saturated rings. The van der Waals surface area contributed by atoms with Gasteiger partial charge in [0.05, 0.1) is 0 Å². The van der Waals surface area contributed by atoms with E-state index < -0.39 is 10.5 Å². The van der Waals surface area contributed by atoms with Crippen LogP contribution < -0.4 is 0 Å². The highest BCUT2D eigenvalue weighted by Crippen LogP contribution is 2.15. The van der Waals surface area contributed by atoms with E-state index in [1.54, 1.807) is 0 Å². The average Bonchev–Trinajstić information content (AvgIpc) is 1.53. The molecule has 4 nitrogen and oxygen atoms in total. The first kappa shape index (κ1) is 10.4. The normalized spacial score (nSPS) is 16.5. The number of rotatable bonds is 4. The Kier molecular flexibility index (Phi) is 3.45. The Morgan fingerprint density at radius 3 is 2.36 bits per heavy atom. The van der Waals surface area contributed by atoms with Crippen molar-refractivity contribution in [2.24, 2.45) is 5.92 Å². The quantitative estimate of drug-likeness (QED) is 0.495. The highest BCUT2D eigenvalue weighted by molar-refractivity contribution is 4.72. The minimum Gasteiger partial charge on any atom is -0.383 e. The van der Waals surface area contributed by atoms with Crippen molar-refractivity contribution in [3.63, 3.8) is 0 Å². The molecule has 0 aliphatic heterocycles. The van der Waals surface area contributed by atoms with E-state index in [2.05, 4.69) is 0 Å². The lowest BCUT2D eigenvalue weighted by Crippen LogP contribution is -2.34. The van der Waals surface area contributed by atoms with Crippen LogP contribution in [-0.2, 0) is 0 Å². The minimum absolute atomic E-state index is 0.282. The fraction of sp³-hybridized carbons (Fsp3) is 1.00. The standard InChI is InChI=1S/C7H15NO3/c1-6(2)4-7(3,9)5-8(10)11/h6,9H,4-5H2,1-3H3/t7-/m1/s1. The van der Waals surface area contributed by atoms with E-state index in [1.807, 2.05) is 13.8 Å². The molecule has 1 atom stereocenters. The van der Waals surface area contributed by atoms with E-state index in [4.69, 9.17) is 0 Å². The highest BCUT2D eigenvalue weighted by Gasteiger charge is 2.27. The van der Waals surface area contributed by atoms with Crippen LogP contribution in [0.5, 0.6) is 0 Å². The number of hydrogen-bond acceptors (Lipinski definition) is 3. The summed E-state index contributed by atoms with van der Waals surface area (Å²) in [4.78, 5) is 9.56. The third kappa shape index (κ3) is 5.79. The van der Waals surface area contributed by atoms with Crippen LogP contribution in [0.4, 0.5) is 0 Å². The lowest BCUT2D eigenvalue weighted by Gasteiger charge is -2.20. The van der Waals surface area contributed by atoms with Crippen LogP contribution in [0, 0.1) is 16.0 Å². The molecule has 66 valence electrons. The van der Waals surface area contributed by atoms with Crippen molar-refractivity contribution in [2.45, 2.75) is 32.8 Å². The molecule has 4 heteroatoms. The molecule has 0 amide bonds. The maximum atomic E-state index is 10.0. The number of nitro groups is 1. The molecule has 0 heterocycles. The molecular weight excluding hydrogens is 146 g/mol. The van der Waals surface area contributed by atoms with Crippen LogP contribution in [0.3, 0.4) is 0 Å². The monoisotopic (exact) mass is 161 g/mol. The molecular formula is C7H15NO3. The predicted molar refractivity (Wildman–Crippen MR) is 41.9 cm³/mol. The zero-order valence-corrected chi connectivity index (χ0v) is 7.20. The van der Waals surface area contributed by atoms with Gasteiger partial charge in [-0.3, -0.25) is 10.1 Å². The van der Waals surface area contributed by atoms with Gasteiger partial charge < -0.3 is 5.11 Å². The Balaban J connectivity index is 3.89. The highest BCUT2D eigenvalue weighted by atomic mass is 16.6. The molecule has 1 N–H and O–H groups in total. The fourth-order valence-corrected chi connectivity index (χ4v) is 1.22. The molecule has 0 unspecified atom stereocenters. The molecule has 0 saturated carbocycles. The van der Waals surface area contributed by atoms with Crippen LogP contribution in [0.1, 0.15) is 27.2 Å². The van der Waals surface area contributed by atoms with Crippen molar-refractivity contribution in [3.8, 4) is 0 Å². The van der Waals surface area contributed by atoms with Crippen molar-refractivity contribution in [1.82, 2.24) is 0 Å². The maximum Gasteiger partial charge on any atom is 0.231 e. The van der Waals surface area contributed by atoms with Crippen molar-refractivity contribution in [1.29, 1.82) is 0 Å². The second-order valence-electron chi connectivity index (χ2n) is 3.59. The van der Waals surface area contributed by atoms with Gasteiger partial charge in [-0.1, -0.05) is 13.8 Å². The zero-order valence-electron chi connectivity index (χ0n) is 7.20. The summed E-state index contributed by atoms with van der Waals surface area (Å²) in [5, 5.41) is 19.5. The molecule has 0 saturated heterocycles. The molecule has 11 heavy (non-hydrogen) atoms. The SMILES string of the molecule is CC(C)C[C@@](C)(O)C[N+](=O)[O-]. The largest absolute Gasteiger partial charge is 0.383 e. The van der Waals surface area contributed by atoms with Crippen molar-refractivity contribution in [3.05, 3.63) is 10.1 Å². The Morgan fingerprint density at radius 1 is 1.64 bits per heavy atom. The van der Waals surface area contributed by atoms with Gasteiger partial charge in [0.1, 0.15) is 5.60 Å². The molecule has 0 aliphatic carbocycles. The van der Waals surface area contributed by atoms with E-state index >= 15 is 0 Å². The van der Waals surface area contributed by atoms with Crippen molar-refractivity contribution in [2.75, 3.05) is 6.54 Å². The molecule has 0 bridgehead atoms. The van der Waals surface area contributed by atoms with Gasteiger partial charge in [-0.05, 0) is 19.3 Å². The van der Waals surface area contributed by atoms with E-state index in [-0.39, 0.29) is 12.5 Å². The summed E-state index contributed by atoms with van der Waals surface area (Å²) < 4.78 is 0. The molecule has 0 radical (unpaired) electrons. The van der Waals surface area contributed by atoms with Gasteiger partial charge in [-0.2, -0.15) is 0 Å². The molecule has 0 rings (SSSR count). The van der Waals surface area contributed by atoms with E-state index in [1.165, 1.54) is 6.92 Å². The van der Waals surface area contributed by atoms with Gasteiger partial charge in [0.2, 0.25) is 6.54 Å². The fourth-order valence-electron chi connectivity index (χ4n) is 1.22. The molecule has 0 aromatic heterocycles. The summed E-state index contributed by atoms with van der Waals surface area (Å²) in [7, 11) is 0. The summed E-state index contributed by atoms with van der Waals surface area (Å²) >= 11 is 0. The Hall–Kier alpha value is -0.640. The topological polar surface area (TPSA) is 63.4 Å². The Morgan fingerprint density at radius 2 is 2.09 bits per heavy atom. The molecule has 0 aliphatic rings. The van der Waals surface area contributed by atoms with E-state index in [0.29, 0.717) is 6.42 Å². The molecule has 0 aromatic carbocycles. The summed E-state index contributed by atoms with van der Waals surface area (Å²) in [6.45, 7) is 4.98.